The Bertz CT molecular complexity index is 894. The van der Waals surface area contributed by atoms with Gasteiger partial charge in [0.05, 0.1) is 4.92 Å². The van der Waals surface area contributed by atoms with Crippen LogP contribution in [-0.2, 0) is 14.3 Å². The van der Waals surface area contributed by atoms with Crippen molar-refractivity contribution in [3.63, 3.8) is 0 Å². The van der Waals surface area contributed by atoms with Crippen molar-refractivity contribution in [2.75, 3.05) is 18.5 Å². The van der Waals surface area contributed by atoms with Gasteiger partial charge in [0.2, 0.25) is 5.91 Å². The summed E-state index contributed by atoms with van der Waals surface area (Å²) < 4.78 is 9.96. The summed E-state index contributed by atoms with van der Waals surface area (Å²) in [6, 6.07) is 11.8. The van der Waals surface area contributed by atoms with E-state index < -0.39 is 29.9 Å². The Labute approximate surface area is 166 Å². The molecule has 0 aliphatic rings. The number of ether oxygens (including phenoxy) is 2. The third kappa shape index (κ3) is 6.73. The molecule has 1 N–H and O–H groups in total. The fourth-order valence-corrected chi connectivity index (χ4v) is 2.33. The maximum atomic E-state index is 12.1. The predicted molar refractivity (Wildman–Crippen MR) is 104 cm³/mol. The Hall–Kier alpha value is -3.75. The number of Topliss-reactive ketones (excluding diaryl/α,β-unsaturated/α-hetero) is 1. The molecule has 0 saturated heterocycles. The first kappa shape index (κ1) is 21.5. The van der Waals surface area contributed by atoms with Crippen LogP contribution in [0, 0.1) is 10.1 Å². The van der Waals surface area contributed by atoms with Gasteiger partial charge in [-0.1, -0.05) is 19.1 Å². The van der Waals surface area contributed by atoms with Crippen LogP contribution in [0.4, 0.5) is 11.4 Å². The highest BCUT2D eigenvalue weighted by atomic mass is 16.6. The molecule has 0 aliphatic heterocycles. The summed E-state index contributed by atoms with van der Waals surface area (Å²) in [6.07, 6.45) is 1.14. The number of amides is 1. The minimum Gasteiger partial charge on any atom is -0.475 e. The van der Waals surface area contributed by atoms with Crippen LogP contribution in [-0.4, -0.2) is 35.8 Å². The molecular formula is C20H20N2O7. The van der Waals surface area contributed by atoms with Crippen LogP contribution in [0.1, 0.15) is 30.1 Å². The number of esters is 1. The quantitative estimate of drug-likeness (QED) is 0.281. The fourth-order valence-electron chi connectivity index (χ4n) is 2.33. The second kappa shape index (κ2) is 10.5. The van der Waals surface area contributed by atoms with E-state index in [1.807, 2.05) is 6.92 Å². The number of para-hydroxylation sites is 2. The molecule has 1 amide bonds. The molecule has 0 atom stereocenters. The molecule has 29 heavy (non-hydrogen) atoms. The van der Waals surface area contributed by atoms with E-state index in [1.165, 1.54) is 36.4 Å². The number of nitro benzene ring substituents is 1. The monoisotopic (exact) mass is 400 g/mol. The van der Waals surface area contributed by atoms with Crippen LogP contribution in [0.5, 0.6) is 5.75 Å². The van der Waals surface area contributed by atoms with Crippen molar-refractivity contribution in [1.82, 2.24) is 0 Å². The van der Waals surface area contributed by atoms with Crippen molar-refractivity contribution in [2.45, 2.75) is 19.8 Å². The van der Waals surface area contributed by atoms with E-state index >= 15 is 0 Å². The normalized spacial score (nSPS) is 10.1. The van der Waals surface area contributed by atoms with E-state index in [4.69, 9.17) is 9.47 Å². The SMILES string of the molecule is CCCC(=O)Nc1ccc(C(=O)COC(=O)COc2ccccc2[N+](=O)[O-])cc1. The molecule has 0 radical (unpaired) electrons. The summed E-state index contributed by atoms with van der Waals surface area (Å²) in [5, 5.41) is 13.6. The highest BCUT2D eigenvalue weighted by molar-refractivity contribution is 5.98. The number of ketones is 1. The van der Waals surface area contributed by atoms with Gasteiger partial charge in [0.25, 0.3) is 0 Å². The number of rotatable bonds is 10. The van der Waals surface area contributed by atoms with Gasteiger partial charge in [-0.25, -0.2) is 4.79 Å². The van der Waals surface area contributed by atoms with Crippen LogP contribution in [0.15, 0.2) is 48.5 Å². The molecule has 0 unspecified atom stereocenters. The van der Waals surface area contributed by atoms with Gasteiger partial charge in [0, 0.05) is 23.7 Å². The number of benzene rings is 2. The van der Waals surface area contributed by atoms with E-state index in [0.29, 0.717) is 17.7 Å². The van der Waals surface area contributed by atoms with Crippen molar-refractivity contribution < 1.29 is 28.8 Å². The standard InChI is InChI=1S/C20H20N2O7/c1-2-5-19(24)21-15-10-8-14(9-11-15)17(23)12-29-20(25)13-28-18-7-4-3-6-16(18)22(26)27/h3-4,6-11H,2,5,12-13H2,1H3,(H,21,24). The van der Waals surface area contributed by atoms with Crippen LogP contribution < -0.4 is 10.1 Å². The molecule has 0 bridgehead atoms. The second-order valence-electron chi connectivity index (χ2n) is 5.97. The van der Waals surface area contributed by atoms with E-state index in [0.717, 1.165) is 6.42 Å². The summed E-state index contributed by atoms with van der Waals surface area (Å²) >= 11 is 0. The third-order valence-electron chi connectivity index (χ3n) is 3.74. The zero-order valence-electron chi connectivity index (χ0n) is 15.8. The molecule has 0 aliphatic carbocycles. The fraction of sp³-hybridized carbons (Fsp3) is 0.250. The average molecular weight is 400 g/mol. The molecule has 2 rings (SSSR count). The molecule has 0 aromatic heterocycles. The van der Waals surface area contributed by atoms with Gasteiger partial charge in [0.15, 0.2) is 24.7 Å². The van der Waals surface area contributed by atoms with Crippen LogP contribution in [0.2, 0.25) is 0 Å². The first-order chi connectivity index (χ1) is 13.9. The van der Waals surface area contributed by atoms with Gasteiger partial charge in [-0.05, 0) is 36.8 Å². The number of nitrogens with zero attached hydrogens (tertiary/aromatic N) is 1. The van der Waals surface area contributed by atoms with Gasteiger partial charge in [-0.3, -0.25) is 19.7 Å². The van der Waals surface area contributed by atoms with Crippen molar-refractivity contribution in [3.05, 3.63) is 64.2 Å². The first-order valence-electron chi connectivity index (χ1n) is 8.85. The lowest BCUT2D eigenvalue weighted by Gasteiger charge is -2.08. The number of hydrogen-bond donors (Lipinski definition) is 1. The van der Waals surface area contributed by atoms with Crippen LogP contribution in [0.25, 0.3) is 0 Å². The van der Waals surface area contributed by atoms with Gasteiger partial charge in [-0.15, -0.1) is 0 Å². The lowest BCUT2D eigenvalue weighted by atomic mass is 10.1. The molecule has 0 saturated carbocycles. The lowest BCUT2D eigenvalue weighted by Crippen LogP contribution is -2.19. The van der Waals surface area contributed by atoms with Gasteiger partial charge in [-0.2, -0.15) is 0 Å². The zero-order valence-corrected chi connectivity index (χ0v) is 15.8. The van der Waals surface area contributed by atoms with Crippen molar-refractivity contribution in [1.29, 1.82) is 0 Å². The maximum Gasteiger partial charge on any atom is 0.344 e. The van der Waals surface area contributed by atoms with Gasteiger partial charge < -0.3 is 14.8 Å². The Balaban J connectivity index is 1.82. The van der Waals surface area contributed by atoms with E-state index in [1.54, 1.807) is 12.1 Å². The minimum absolute atomic E-state index is 0.0681. The molecule has 0 heterocycles. The Morgan fingerprint density at radius 3 is 2.38 bits per heavy atom. The van der Waals surface area contributed by atoms with E-state index in [9.17, 15) is 24.5 Å². The number of carbonyl (C=O) groups is 3. The number of anilines is 1. The van der Waals surface area contributed by atoms with E-state index in [2.05, 4.69) is 5.32 Å². The lowest BCUT2D eigenvalue weighted by molar-refractivity contribution is -0.385. The predicted octanol–water partition coefficient (Wildman–Crippen LogP) is 3.14. The van der Waals surface area contributed by atoms with Gasteiger partial charge >= 0.3 is 11.7 Å². The number of carbonyl (C=O) groups excluding carboxylic acids is 3. The third-order valence-corrected chi connectivity index (χ3v) is 3.74. The summed E-state index contributed by atoms with van der Waals surface area (Å²) in [7, 11) is 0. The van der Waals surface area contributed by atoms with Crippen LogP contribution in [0.3, 0.4) is 0 Å². The molecule has 9 heteroatoms. The second-order valence-corrected chi connectivity index (χ2v) is 5.97. The highest BCUT2D eigenvalue weighted by Crippen LogP contribution is 2.25. The van der Waals surface area contributed by atoms with Crippen LogP contribution >= 0.6 is 0 Å². The summed E-state index contributed by atoms with van der Waals surface area (Å²) in [4.78, 5) is 45.7. The van der Waals surface area contributed by atoms with Crippen molar-refractivity contribution in [3.8, 4) is 5.75 Å². The largest absolute Gasteiger partial charge is 0.475 e. The Kier molecular flexibility index (Phi) is 7.84. The maximum absolute atomic E-state index is 12.1. The topological polar surface area (TPSA) is 125 Å². The number of hydrogen-bond acceptors (Lipinski definition) is 7. The summed E-state index contributed by atoms with van der Waals surface area (Å²) in [5.74, 6) is -1.45. The van der Waals surface area contributed by atoms with Gasteiger partial charge in [0.1, 0.15) is 0 Å². The molecule has 152 valence electrons. The average Bonchev–Trinajstić information content (AvgIpc) is 2.71. The molecule has 2 aromatic carbocycles. The summed E-state index contributed by atoms with van der Waals surface area (Å²) in [5.41, 5.74) is 0.600. The molecule has 0 fully saturated rings. The first-order valence-corrected chi connectivity index (χ1v) is 8.85. The minimum atomic E-state index is -0.833. The van der Waals surface area contributed by atoms with E-state index in [-0.39, 0.29) is 17.3 Å². The smallest absolute Gasteiger partial charge is 0.344 e. The highest BCUT2D eigenvalue weighted by Gasteiger charge is 2.16. The zero-order chi connectivity index (χ0) is 21.2. The summed E-state index contributed by atoms with van der Waals surface area (Å²) in [6.45, 7) is 0.829. The van der Waals surface area contributed by atoms with Crippen molar-refractivity contribution >= 4 is 29.0 Å². The molecule has 2 aromatic rings. The number of nitro groups is 1. The molecule has 0 spiro atoms. The number of nitrogens with one attached hydrogen (secondary N) is 1. The Morgan fingerprint density at radius 2 is 1.72 bits per heavy atom. The van der Waals surface area contributed by atoms with Crippen molar-refractivity contribution in [2.24, 2.45) is 0 Å². The molecule has 9 nitrogen and oxygen atoms in total. The Morgan fingerprint density at radius 1 is 1.03 bits per heavy atom. The molecular weight excluding hydrogens is 380 g/mol.